The van der Waals surface area contributed by atoms with Crippen molar-refractivity contribution >= 4 is 17.5 Å². The van der Waals surface area contributed by atoms with Gasteiger partial charge in [-0.3, -0.25) is 0 Å². The molecule has 6 nitrogen and oxygen atoms in total. The minimum Gasteiger partial charge on any atom is -0.489 e. The summed E-state index contributed by atoms with van der Waals surface area (Å²) < 4.78 is 11.1. The molecule has 0 aliphatic rings. The van der Waals surface area contributed by atoms with E-state index in [0.29, 0.717) is 24.9 Å². The molecule has 4 rings (SSSR count). The SMILES string of the molecule is c1ccc(COc2ccc(Nc3ccnc(NCc4ccco4)n3)cc2)cc1. The number of furan rings is 1. The molecule has 0 aliphatic heterocycles. The van der Waals surface area contributed by atoms with Crippen LogP contribution in [0.2, 0.25) is 0 Å². The molecule has 0 radical (unpaired) electrons. The number of aromatic nitrogens is 2. The second-order valence-corrected chi connectivity index (χ2v) is 6.12. The van der Waals surface area contributed by atoms with Crippen molar-refractivity contribution in [2.45, 2.75) is 13.2 Å². The molecule has 0 amide bonds. The smallest absolute Gasteiger partial charge is 0.224 e. The summed E-state index contributed by atoms with van der Waals surface area (Å²) in [4.78, 5) is 8.68. The van der Waals surface area contributed by atoms with Crippen LogP contribution >= 0.6 is 0 Å². The Labute approximate surface area is 163 Å². The molecule has 140 valence electrons. The molecule has 0 saturated heterocycles. The van der Waals surface area contributed by atoms with Crippen LogP contribution in [0.25, 0.3) is 0 Å². The van der Waals surface area contributed by atoms with Crippen LogP contribution in [0, 0.1) is 0 Å². The lowest BCUT2D eigenvalue weighted by molar-refractivity contribution is 0.306. The van der Waals surface area contributed by atoms with Crippen molar-refractivity contribution in [1.82, 2.24) is 9.97 Å². The number of hydrogen-bond donors (Lipinski definition) is 2. The zero-order valence-electron chi connectivity index (χ0n) is 15.2. The van der Waals surface area contributed by atoms with Crippen molar-refractivity contribution in [1.29, 1.82) is 0 Å². The van der Waals surface area contributed by atoms with Gasteiger partial charge in [0.15, 0.2) is 0 Å². The van der Waals surface area contributed by atoms with Crippen molar-refractivity contribution in [2.75, 3.05) is 10.6 Å². The van der Waals surface area contributed by atoms with E-state index in [1.165, 1.54) is 0 Å². The van der Waals surface area contributed by atoms with Gasteiger partial charge in [-0.2, -0.15) is 4.98 Å². The van der Waals surface area contributed by atoms with Gasteiger partial charge in [0.2, 0.25) is 5.95 Å². The summed E-state index contributed by atoms with van der Waals surface area (Å²) in [6, 6.07) is 23.4. The normalized spacial score (nSPS) is 10.4. The Hall–Kier alpha value is -3.80. The molecule has 2 heterocycles. The van der Waals surface area contributed by atoms with Crippen LogP contribution < -0.4 is 15.4 Å². The fourth-order valence-corrected chi connectivity index (χ4v) is 2.62. The summed E-state index contributed by atoms with van der Waals surface area (Å²) >= 11 is 0. The number of hydrogen-bond acceptors (Lipinski definition) is 6. The average Bonchev–Trinajstić information content (AvgIpc) is 3.27. The number of nitrogens with one attached hydrogen (secondary N) is 2. The summed E-state index contributed by atoms with van der Waals surface area (Å²) in [6.07, 6.45) is 3.35. The lowest BCUT2D eigenvalue weighted by Crippen LogP contribution is -2.04. The molecule has 2 aromatic heterocycles. The van der Waals surface area contributed by atoms with Crippen LogP contribution in [-0.2, 0) is 13.2 Å². The predicted molar refractivity (Wildman–Crippen MR) is 109 cm³/mol. The third-order valence-electron chi connectivity index (χ3n) is 4.03. The van der Waals surface area contributed by atoms with Gasteiger partial charge < -0.3 is 19.8 Å². The zero-order chi connectivity index (χ0) is 19.0. The number of rotatable bonds is 8. The van der Waals surface area contributed by atoms with Gasteiger partial charge in [-0.05, 0) is 48.0 Å². The average molecular weight is 372 g/mol. The van der Waals surface area contributed by atoms with Gasteiger partial charge in [-0.25, -0.2) is 4.98 Å². The molecule has 0 bridgehead atoms. The summed E-state index contributed by atoms with van der Waals surface area (Å²) in [5.74, 6) is 2.88. The monoisotopic (exact) mass is 372 g/mol. The van der Waals surface area contributed by atoms with Crippen LogP contribution in [0.15, 0.2) is 89.7 Å². The third-order valence-corrected chi connectivity index (χ3v) is 4.03. The number of anilines is 3. The van der Waals surface area contributed by atoms with Gasteiger partial charge in [-0.1, -0.05) is 30.3 Å². The first-order valence-electron chi connectivity index (χ1n) is 8.98. The van der Waals surface area contributed by atoms with Crippen molar-refractivity contribution in [3.63, 3.8) is 0 Å². The maximum absolute atomic E-state index is 5.81. The largest absolute Gasteiger partial charge is 0.489 e. The standard InChI is InChI=1S/C22H20N4O2/c1-2-5-17(6-3-1)16-28-19-10-8-18(9-11-19)25-21-12-13-23-22(26-21)24-15-20-7-4-14-27-20/h1-14H,15-16H2,(H2,23,24,25,26). The van der Waals surface area contributed by atoms with E-state index in [1.807, 2.05) is 72.8 Å². The Bertz CT molecular complexity index is 987. The van der Waals surface area contributed by atoms with E-state index >= 15 is 0 Å². The van der Waals surface area contributed by atoms with Gasteiger partial charge >= 0.3 is 0 Å². The van der Waals surface area contributed by atoms with E-state index in [2.05, 4.69) is 20.6 Å². The molecular formula is C22H20N4O2. The molecule has 0 atom stereocenters. The van der Waals surface area contributed by atoms with Gasteiger partial charge in [0.05, 0.1) is 12.8 Å². The first kappa shape index (κ1) is 17.6. The molecule has 0 aliphatic carbocycles. The molecule has 4 aromatic rings. The summed E-state index contributed by atoms with van der Waals surface area (Å²) in [5, 5.41) is 6.41. The van der Waals surface area contributed by atoms with Crippen molar-refractivity contribution < 1.29 is 9.15 Å². The molecule has 0 fully saturated rings. The van der Waals surface area contributed by atoms with E-state index in [1.54, 1.807) is 12.5 Å². The molecule has 0 saturated carbocycles. The first-order valence-corrected chi connectivity index (χ1v) is 8.98. The number of ether oxygens (including phenoxy) is 1. The van der Waals surface area contributed by atoms with Gasteiger partial charge in [0.1, 0.15) is 23.9 Å². The maximum Gasteiger partial charge on any atom is 0.224 e. The van der Waals surface area contributed by atoms with Gasteiger partial charge in [0.25, 0.3) is 0 Å². The molecule has 2 N–H and O–H groups in total. The number of nitrogens with zero attached hydrogens (tertiary/aromatic N) is 2. The topological polar surface area (TPSA) is 72.2 Å². The minimum absolute atomic E-state index is 0.532. The first-order chi connectivity index (χ1) is 13.8. The predicted octanol–water partition coefficient (Wildman–Crippen LogP) is 5.00. The Balaban J connectivity index is 1.33. The second kappa shape index (κ2) is 8.73. The Morgan fingerprint density at radius 3 is 2.54 bits per heavy atom. The highest BCUT2D eigenvalue weighted by molar-refractivity contribution is 5.57. The third kappa shape index (κ3) is 4.88. The van der Waals surface area contributed by atoms with Crippen molar-refractivity contribution in [3.8, 4) is 5.75 Å². The highest BCUT2D eigenvalue weighted by Crippen LogP contribution is 2.20. The Morgan fingerprint density at radius 1 is 0.893 bits per heavy atom. The van der Waals surface area contributed by atoms with E-state index in [9.17, 15) is 0 Å². The van der Waals surface area contributed by atoms with Gasteiger partial charge in [0, 0.05) is 11.9 Å². The molecule has 0 unspecified atom stereocenters. The number of benzene rings is 2. The van der Waals surface area contributed by atoms with Gasteiger partial charge in [-0.15, -0.1) is 0 Å². The van der Waals surface area contributed by atoms with Crippen LogP contribution in [-0.4, -0.2) is 9.97 Å². The molecule has 2 aromatic carbocycles. The molecule has 6 heteroatoms. The van der Waals surface area contributed by atoms with Crippen LogP contribution in [0.3, 0.4) is 0 Å². The van der Waals surface area contributed by atoms with Crippen LogP contribution in [0.5, 0.6) is 5.75 Å². The molecular weight excluding hydrogens is 352 g/mol. The molecule has 28 heavy (non-hydrogen) atoms. The van der Waals surface area contributed by atoms with E-state index in [0.717, 1.165) is 22.8 Å². The lowest BCUT2D eigenvalue weighted by Gasteiger charge is -2.10. The zero-order valence-corrected chi connectivity index (χ0v) is 15.2. The minimum atomic E-state index is 0.532. The lowest BCUT2D eigenvalue weighted by atomic mass is 10.2. The maximum atomic E-state index is 5.81. The Kier molecular flexibility index (Phi) is 5.49. The summed E-state index contributed by atoms with van der Waals surface area (Å²) in [5.41, 5.74) is 2.06. The highest BCUT2D eigenvalue weighted by atomic mass is 16.5. The fourth-order valence-electron chi connectivity index (χ4n) is 2.62. The van der Waals surface area contributed by atoms with E-state index in [-0.39, 0.29) is 0 Å². The summed E-state index contributed by atoms with van der Waals surface area (Å²) in [6.45, 7) is 1.08. The van der Waals surface area contributed by atoms with E-state index in [4.69, 9.17) is 9.15 Å². The quantitative estimate of drug-likeness (QED) is 0.453. The Morgan fingerprint density at radius 2 is 1.75 bits per heavy atom. The van der Waals surface area contributed by atoms with Crippen LogP contribution in [0.4, 0.5) is 17.5 Å². The van der Waals surface area contributed by atoms with Crippen LogP contribution in [0.1, 0.15) is 11.3 Å². The summed E-state index contributed by atoms with van der Waals surface area (Å²) in [7, 11) is 0. The highest BCUT2D eigenvalue weighted by Gasteiger charge is 2.02. The molecule has 0 spiro atoms. The van der Waals surface area contributed by atoms with Crippen molar-refractivity contribution in [2.24, 2.45) is 0 Å². The van der Waals surface area contributed by atoms with Crippen molar-refractivity contribution in [3.05, 3.63) is 96.6 Å². The van der Waals surface area contributed by atoms with E-state index < -0.39 is 0 Å². The second-order valence-electron chi connectivity index (χ2n) is 6.12. The fraction of sp³-hybridized carbons (Fsp3) is 0.0909.